The Balaban J connectivity index is 1.17. The third-order valence-electron chi connectivity index (χ3n) is 8.27. The first-order valence-electron chi connectivity index (χ1n) is 14.7. The molecule has 0 atom stereocenters. The summed E-state index contributed by atoms with van der Waals surface area (Å²) in [6.07, 6.45) is 1.09. The van der Waals surface area contributed by atoms with Gasteiger partial charge < -0.3 is 15.2 Å². The van der Waals surface area contributed by atoms with Crippen LogP contribution >= 0.6 is 0 Å². The Morgan fingerprint density at radius 3 is 2.11 bits per heavy atom. The van der Waals surface area contributed by atoms with Gasteiger partial charge in [-0.15, -0.1) is 0 Å². The molecular formula is C37H28N4O5. The summed E-state index contributed by atoms with van der Waals surface area (Å²) in [5, 5.41) is 18.3. The van der Waals surface area contributed by atoms with Crippen LogP contribution in [0.25, 0.3) is 38.8 Å². The first-order valence-corrected chi connectivity index (χ1v) is 14.7. The molecule has 1 aliphatic carbocycles. The lowest BCUT2D eigenvalue weighted by Crippen LogP contribution is -2.40. The number of aromatic carboxylic acids is 1. The summed E-state index contributed by atoms with van der Waals surface area (Å²) < 4.78 is 6.77. The molecule has 7 rings (SSSR count). The minimum Gasteiger partial charge on any atom is -0.478 e. The summed E-state index contributed by atoms with van der Waals surface area (Å²) in [5.74, 6) is -1.46. The Morgan fingerprint density at radius 2 is 1.43 bits per heavy atom. The highest BCUT2D eigenvalue weighted by atomic mass is 16.5. The minimum absolute atomic E-state index is 0.113. The van der Waals surface area contributed by atoms with Crippen LogP contribution < -0.4 is 5.32 Å². The van der Waals surface area contributed by atoms with E-state index in [1.165, 1.54) is 12.0 Å². The third kappa shape index (κ3) is 4.93. The molecule has 0 unspecified atom stereocenters. The van der Waals surface area contributed by atoms with Crippen LogP contribution in [0, 0.1) is 0 Å². The van der Waals surface area contributed by atoms with E-state index in [1.54, 1.807) is 35.1 Å². The van der Waals surface area contributed by atoms with Crippen LogP contribution in [0.1, 0.15) is 27.5 Å². The molecule has 0 spiro atoms. The zero-order valence-electron chi connectivity index (χ0n) is 24.8. The standard InChI is InChI=1S/C37H28N4O5/c1-46-37(45)40(34-29-12-5-3-10-27(29)28-11-4-6-13-30(28)34)22-33(42)39-25-19-17-23(18-20-25)26-14-8-15-31(36(43)44)35(26)41-32-16-7-2-9-24(32)21-38-41/h2-21,34H,22H2,1H3,(H,39,42)(H,43,44). The van der Waals surface area contributed by atoms with Crippen molar-refractivity contribution in [3.63, 3.8) is 0 Å². The van der Waals surface area contributed by atoms with Crippen molar-refractivity contribution in [2.24, 2.45) is 0 Å². The number of nitrogens with one attached hydrogen (secondary N) is 1. The van der Waals surface area contributed by atoms with Crippen LogP contribution in [0.2, 0.25) is 0 Å². The van der Waals surface area contributed by atoms with Crippen molar-refractivity contribution in [2.45, 2.75) is 6.04 Å². The number of para-hydroxylation sites is 2. The van der Waals surface area contributed by atoms with E-state index < -0.39 is 24.0 Å². The van der Waals surface area contributed by atoms with Crippen molar-refractivity contribution in [3.8, 4) is 27.9 Å². The second kappa shape index (κ2) is 11.7. The van der Waals surface area contributed by atoms with Gasteiger partial charge in [-0.3, -0.25) is 9.69 Å². The molecule has 9 heteroatoms. The van der Waals surface area contributed by atoms with Gasteiger partial charge in [0.15, 0.2) is 0 Å². The molecule has 2 N–H and O–H groups in total. The third-order valence-corrected chi connectivity index (χ3v) is 8.27. The quantitative estimate of drug-likeness (QED) is 0.199. The fraction of sp³-hybridized carbons (Fsp3) is 0.0811. The van der Waals surface area contributed by atoms with Crippen LogP contribution in [0.3, 0.4) is 0 Å². The fourth-order valence-corrected chi connectivity index (χ4v) is 6.26. The average molecular weight is 609 g/mol. The van der Waals surface area contributed by atoms with E-state index in [0.717, 1.165) is 38.7 Å². The van der Waals surface area contributed by atoms with E-state index in [1.807, 2.05) is 91.0 Å². The maximum absolute atomic E-state index is 13.4. The van der Waals surface area contributed by atoms with E-state index in [4.69, 9.17) is 4.74 Å². The number of anilines is 1. The molecule has 1 aromatic heterocycles. The predicted molar refractivity (Wildman–Crippen MR) is 175 cm³/mol. The van der Waals surface area contributed by atoms with Crippen LogP contribution in [0.5, 0.6) is 0 Å². The van der Waals surface area contributed by atoms with E-state index in [-0.39, 0.29) is 12.1 Å². The van der Waals surface area contributed by atoms with Gasteiger partial charge in [-0.25, -0.2) is 14.3 Å². The smallest absolute Gasteiger partial charge is 0.410 e. The number of aromatic nitrogens is 2. The molecule has 0 saturated carbocycles. The number of ether oxygens (including phenoxy) is 1. The van der Waals surface area contributed by atoms with Gasteiger partial charge in [0, 0.05) is 16.6 Å². The topological polar surface area (TPSA) is 114 Å². The monoisotopic (exact) mass is 608 g/mol. The molecule has 0 fully saturated rings. The summed E-state index contributed by atoms with van der Waals surface area (Å²) >= 11 is 0. The molecule has 6 aromatic rings. The Hall–Kier alpha value is -6.22. The zero-order chi connectivity index (χ0) is 31.8. The van der Waals surface area contributed by atoms with Crippen molar-refractivity contribution in [3.05, 3.63) is 138 Å². The number of carboxylic acid groups (broad SMARTS) is 1. The van der Waals surface area contributed by atoms with Crippen molar-refractivity contribution in [1.82, 2.24) is 14.7 Å². The van der Waals surface area contributed by atoms with Gasteiger partial charge in [0.1, 0.15) is 6.54 Å². The summed E-state index contributed by atoms with van der Waals surface area (Å²) in [4.78, 5) is 40.2. The van der Waals surface area contributed by atoms with E-state index >= 15 is 0 Å². The maximum atomic E-state index is 13.4. The number of carboxylic acids is 1. The number of nitrogens with zero attached hydrogens (tertiary/aromatic N) is 3. The molecule has 0 saturated heterocycles. The number of rotatable bonds is 7. The molecule has 1 heterocycles. The number of hydrogen-bond acceptors (Lipinski definition) is 5. The minimum atomic E-state index is -1.07. The van der Waals surface area contributed by atoms with Gasteiger partial charge >= 0.3 is 12.1 Å². The summed E-state index contributed by atoms with van der Waals surface area (Å²) in [6, 6.07) is 35.0. The molecule has 46 heavy (non-hydrogen) atoms. The van der Waals surface area contributed by atoms with E-state index in [2.05, 4.69) is 10.4 Å². The van der Waals surface area contributed by atoms with E-state index in [0.29, 0.717) is 16.9 Å². The van der Waals surface area contributed by atoms with Crippen molar-refractivity contribution >= 4 is 34.6 Å². The number of benzene rings is 5. The Labute approximate surface area is 264 Å². The van der Waals surface area contributed by atoms with Gasteiger partial charge in [0.2, 0.25) is 5.91 Å². The number of hydrogen-bond donors (Lipinski definition) is 2. The molecule has 2 amide bonds. The lowest BCUT2D eigenvalue weighted by Gasteiger charge is -2.28. The largest absolute Gasteiger partial charge is 0.478 e. The van der Waals surface area contributed by atoms with Crippen LogP contribution in [-0.4, -0.2) is 51.4 Å². The van der Waals surface area contributed by atoms with Crippen LogP contribution in [0.15, 0.2) is 121 Å². The van der Waals surface area contributed by atoms with Gasteiger partial charge in [-0.1, -0.05) is 91.0 Å². The maximum Gasteiger partial charge on any atom is 0.410 e. The molecule has 0 bridgehead atoms. The Bertz CT molecular complexity index is 2090. The highest BCUT2D eigenvalue weighted by Crippen LogP contribution is 2.46. The van der Waals surface area contributed by atoms with E-state index in [9.17, 15) is 19.5 Å². The highest BCUT2D eigenvalue weighted by molar-refractivity contribution is 5.98. The Morgan fingerprint density at radius 1 is 0.804 bits per heavy atom. The molecule has 0 radical (unpaired) electrons. The zero-order valence-corrected chi connectivity index (χ0v) is 24.8. The number of methoxy groups -OCH3 is 1. The second-order valence-corrected chi connectivity index (χ2v) is 10.9. The van der Waals surface area contributed by atoms with Gasteiger partial charge in [0.25, 0.3) is 0 Å². The van der Waals surface area contributed by atoms with Crippen molar-refractivity contribution in [2.75, 3.05) is 19.0 Å². The van der Waals surface area contributed by atoms with Crippen molar-refractivity contribution < 1.29 is 24.2 Å². The summed E-state index contributed by atoms with van der Waals surface area (Å²) in [5.41, 5.74) is 7.15. The highest BCUT2D eigenvalue weighted by Gasteiger charge is 2.36. The fourth-order valence-electron chi connectivity index (χ4n) is 6.26. The SMILES string of the molecule is COC(=O)N(CC(=O)Nc1ccc(-c2cccc(C(=O)O)c2-n2ncc3ccccc32)cc1)C1c2ccccc2-c2ccccc21. The lowest BCUT2D eigenvalue weighted by molar-refractivity contribution is -0.117. The first-order chi connectivity index (χ1) is 22.4. The molecule has 226 valence electrons. The second-order valence-electron chi connectivity index (χ2n) is 10.9. The summed E-state index contributed by atoms with van der Waals surface area (Å²) in [7, 11) is 1.30. The van der Waals surface area contributed by atoms with Gasteiger partial charge in [0.05, 0.1) is 36.1 Å². The average Bonchev–Trinajstić information content (AvgIpc) is 3.66. The number of carbonyl (C=O) groups is 3. The van der Waals surface area contributed by atoms with Crippen LogP contribution in [-0.2, 0) is 9.53 Å². The van der Waals surface area contributed by atoms with Gasteiger partial charge in [-0.2, -0.15) is 5.10 Å². The molecule has 9 nitrogen and oxygen atoms in total. The molecular weight excluding hydrogens is 580 g/mol. The normalized spacial score (nSPS) is 11.9. The number of amides is 2. The number of carbonyl (C=O) groups excluding carboxylic acids is 2. The Kier molecular flexibility index (Phi) is 7.26. The predicted octanol–water partition coefficient (Wildman–Crippen LogP) is 7.17. The lowest BCUT2D eigenvalue weighted by atomic mass is 9.99. The number of fused-ring (bicyclic) bond motifs is 4. The molecule has 1 aliphatic rings. The van der Waals surface area contributed by atoms with Crippen molar-refractivity contribution in [1.29, 1.82) is 0 Å². The molecule has 5 aromatic carbocycles. The van der Waals surface area contributed by atoms with Crippen LogP contribution in [0.4, 0.5) is 10.5 Å². The molecule has 0 aliphatic heterocycles. The first kappa shape index (κ1) is 28.5. The summed E-state index contributed by atoms with van der Waals surface area (Å²) in [6.45, 7) is -0.237. The van der Waals surface area contributed by atoms with Gasteiger partial charge in [-0.05, 0) is 52.1 Å².